The molecule has 0 bridgehead atoms. The number of rotatable bonds is 32. The van der Waals surface area contributed by atoms with Crippen LogP contribution in [-0.4, -0.2) is 196 Å². The Balaban J connectivity index is 1.11. The number of aromatic nitrogens is 1. The minimum absolute atomic E-state index is 0.0120. The van der Waals surface area contributed by atoms with E-state index in [9.17, 15) is 19.2 Å². The molecule has 1 aliphatic heterocycles. The summed E-state index contributed by atoms with van der Waals surface area (Å²) in [4.78, 5) is 64.1. The number of likely N-dealkylation sites (N-methyl/N-ethyl adjacent to an activating group) is 1. The Bertz CT molecular complexity index is 1880. The smallest absolute Gasteiger partial charge is 0.255 e. The van der Waals surface area contributed by atoms with Crippen molar-refractivity contribution in [3.8, 4) is 11.3 Å². The van der Waals surface area contributed by atoms with E-state index >= 15 is 0 Å². The van der Waals surface area contributed by atoms with E-state index < -0.39 is 11.8 Å². The molecule has 0 spiro atoms. The van der Waals surface area contributed by atoms with Gasteiger partial charge >= 0.3 is 0 Å². The second-order valence-corrected chi connectivity index (χ2v) is 14.8. The Hall–Kier alpha value is -5.05. The lowest BCUT2D eigenvalue weighted by Gasteiger charge is -2.35. The minimum Gasteiger partial charge on any atom is -0.382 e. The molecule has 4 amide bonds. The van der Waals surface area contributed by atoms with Crippen molar-refractivity contribution in [2.24, 2.45) is 5.73 Å². The van der Waals surface area contributed by atoms with Gasteiger partial charge in [0.2, 0.25) is 11.8 Å². The average Bonchev–Trinajstić information content (AvgIpc) is 3.31. The Morgan fingerprint density at radius 3 is 1.89 bits per heavy atom. The first-order chi connectivity index (χ1) is 31.1. The van der Waals surface area contributed by atoms with E-state index in [0.717, 1.165) is 18.8 Å². The van der Waals surface area contributed by atoms with Crippen LogP contribution in [0.3, 0.4) is 0 Å². The molecular formula is C46H67N7O11. The van der Waals surface area contributed by atoms with Crippen molar-refractivity contribution in [1.82, 2.24) is 19.7 Å². The quantitative estimate of drug-likeness (QED) is 0.0869. The second-order valence-electron chi connectivity index (χ2n) is 14.8. The van der Waals surface area contributed by atoms with Crippen LogP contribution in [0.15, 0.2) is 60.8 Å². The molecule has 1 aromatic heterocycles. The number of benzene rings is 2. The van der Waals surface area contributed by atoms with Crippen LogP contribution in [0.25, 0.3) is 11.3 Å². The number of amides is 4. The molecule has 2 heterocycles. The lowest BCUT2D eigenvalue weighted by Crippen LogP contribution is -2.52. The normalized spacial score (nSPS) is 13.0. The molecular weight excluding hydrogens is 827 g/mol. The number of methoxy groups -OCH3 is 1. The number of nitrogens with two attached hydrogens (primary N) is 1. The number of hydrogen-bond acceptors (Lipinski definition) is 14. The number of nitrogens with one attached hydrogen (secondary N) is 1. The summed E-state index contributed by atoms with van der Waals surface area (Å²) in [5.74, 6) is -1.23. The summed E-state index contributed by atoms with van der Waals surface area (Å²) in [5.41, 5.74) is 9.03. The maximum absolute atomic E-state index is 13.7. The number of pyridine rings is 1. The number of hydrogen-bond donors (Lipinski definition) is 2. The van der Waals surface area contributed by atoms with Crippen LogP contribution < -0.4 is 16.0 Å². The number of carbonyl (C=O) groups is 4. The summed E-state index contributed by atoms with van der Waals surface area (Å²) >= 11 is 0. The van der Waals surface area contributed by atoms with Gasteiger partial charge in [-0.15, -0.1) is 0 Å². The lowest BCUT2D eigenvalue weighted by atomic mass is 10.0. The van der Waals surface area contributed by atoms with Gasteiger partial charge in [-0.05, 0) is 62.4 Å². The Labute approximate surface area is 377 Å². The molecule has 18 heteroatoms. The second kappa shape index (κ2) is 29.4. The third kappa shape index (κ3) is 17.8. The third-order valence-corrected chi connectivity index (χ3v) is 10.4. The van der Waals surface area contributed by atoms with Crippen molar-refractivity contribution >= 4 is 35.0 Å². The largest absolute Gasteiger partial charge is 0.382 e. The van der Waals surface area contributed by atoms with E-state index in [1.54, 1.807) is 66.4 Å². The summed E-state index contributed by atoms with van der Waals surface area (Å²) in [6.45, 7) is 14.9. The first-order valence-corrected chi connectivity index (χ1v) is 21.9. The molecule has 0 radical (unpaired) electrons. The van der Waals surface area contributed by atoms with E-state index in [2.05, 4.69) is 29.0 Å². The molecule has 0 unspecified atom stereocenters. The summed E-state index contributed by atoms with van der Waals surface area (Å²) < 4.78 is 37.9. The Kier molecular flexibility index (Phi) is 23.7. The number of anilines is 2. The molecule has 18 nitrogen and oxygen atoms in total. The fraction of sp³-hybridized carbons (Fsp3) is 0.543. The van der Waals surface area contributed by atoms with Crippen molar-refractivity contribution in [3.63, 3.8) is 0 Å². The van der Waals surface area contributed by atoms with Crippen LogP contribution in [0.2, 0.25) is 0 Å². The number of carbonyl (C=O) groups excluding carboxylic acids is 4. The summed E-state index contributed by atoms with van der Waals surface area (Å²) in [6.07, 6.45) is 1.51. The van der Waals surface area contributed by atoms with E-state index in [1.165, 1.54) is 6.20 Å². The van der Waals surface area contributed by atoms with Crippen molar-refractivity contribution < 1.29 is 52.3 Å². The topological polar surface area (TPSA) is 197 Å². The van der Waals surface area contributed by atoms with Gasteiger partial charge in [0.15, 0.2) is 0 Å². The van der Waals surface area contributed by atoms with Crippen molar-refractivity contribution in [1.29, 1.82) is 0 Å². The molecule has 64 heavy (non-hydrogen) atoms. The number of piperazine rings is 1. The van der Waals surface area contributed by atoms with Crippen LogP contribution in [-0.2, 0) is 38.0 Å². The molecule has 0 atom stereocenters. The van der Waals surface area contributed by atoms with Crippen LogP contribution in [0.4, 0.5) is 11.4 Å². The molecule has 0 aliphatic carbocycles. The highest BCUT2D eigenvalue weighted by atomic mass is 16.6. The van der Waals surface area contributed by atoms with Gasteiger partial charge in [0, 0.05) is 94.1 Å². The first kappa shape index (κ1) is 51.6. The van der Waals surface area contributed by atoms with Crippen LogP contribution in [0, 0.1) is 0 Å². The highest BCUT2D eigenvalue weighted by Crippen LogP contribution is 2.32. The molecule has 2 aromatic carbocycles. The highest BCUT2D eigenvalue weighted by Gasteiger charge is 2.24. The zero-order valence-corrected chi connectivity index (χ0v) is 37.9. The van der Waals surface area contributed by atoms with Gasteiger partial charge in [0.25, 0.3) is 11.8 Å². The van der Waals surface area contributed by atoms with Crippen molar-refractivity contribution in [2.75, 3.05) is 163 Å². The first-order valence-electron chi connectivity index (χ1n) is 21.9. The summed E-state index contributed by atoms with van der Waals surface area (Å²) in [5, 5.41) is 2.98. The summed E-state index contributed by atoms with van der Waals surface area (Å²) in [6, 6.07) is 15.4. The van der Waals surface area contributed by atoms with E-state index in [4.69, 9.17) is 38.9 Å². The van der Waals surface area contributed by atoms with Crippen molar-refractivity contribution in [2.45, 2.75) is 13.8 Å². The maximum Gasteiger partial charge on any atom is 0.255 e. The van der Waals surface area contributed by atoms with Gasteiger partial charge in [0.1, 0.15) is 0 Å². The zero-order chi connectivity index (χ0) is 45.9. The van der Waals surface area contributed by atoms with Crippen molar-refractivity contribution in [3.05, 3.63) is 77.5 Å². The Morgan fingerprint density at radius 1 is 0.719 bits per heavy atom. The van der Waals surface area contributed by atoms with Crippen LogP contribution >= 0.6 is 0 Å². The number of ether oxygens (including phenoxy) is 7. The molecule has 352 valence electrons. The fourth-order valence-corrected chi connectivity index (χ4v) is 6.67. The molecule has 3 N–H and O–H groups in total. The Morgan fingerprint density at radius 2 is 1.31 bits per heavy atom. The van der Waals surface area contributed by atoms with E-state index in [0.29, 0.717) is 152 Å². The van der Waals surface area contributed by atoms with Gasteiger partial charge in [-0.1, -0.05) is 6.07 Å². The third-order valence-electron chi connectivity index (χ3n) is 10.4. The lowest BCUT2D eigenvalue weighted by molar-refractivity contribution is -0.136. The molecule has 1 saturated heterocycles. The van der Waals surface area contributed by atoms with Gasteiger partial charge in [-0.2, -0.15) is 0 Å². The number of nitrogens with zero attached hydrogens (tertiary/aromatic N) is 5. The van der Waals surface area contributed by atoms with Gasteiger partial charge in [-0.3, -0.25) is 29.1 Å². The monoisotopic (exact) mass is 893 g/mol. The predicted molar refractivity (Wildman–Crippen MR) is 243 cm³/mol. The minimum atomic E-state index is -0.583. The standard InChI is InChI=1S/C46H67N7O11/c1-5-52(6-2)39-10-11-41(40(34-39)42-33-36(44(47)55)12-13-48-42)49-45(56)37-8-7-9-38(32-37)46(57)50(3)14-15-51-16-17-53(43(54)35-51)18-19-59-22-23-61-26-27-63-30-31-64-29-28-62-25-24-60-21-20-58-4/h7-13,32-34H,5-6,14-31,35H2,1-4H3,(H2,47,55)(H,49,56). The number of primary amides is 1. The average molecular weight is 894 g/mol. The van der Waals surface area contributed by atoms with E-state index in [-0.39, 0.29) is 18.4 Å². The molecule has 4 rings (SSSR count). The maximum atomic E-state index is 13.7. The highest BCUT2D eigenvalue weighted by molar-refractivity contribution is 6.08. The molecule has 0 saturated carbocycles. The fourth-order valence-electron chi connectivity index (χ4n) is 6.67. The summed E-state index contributed by atoms with van der Waals surface area (Å²) in [7, 11) is 3.34. The molecule has 1 aliphatic rings. The molecule has 3 aromatic rings. The van der Waals surface area contributed by atoms with Gasteiger partial charge in [-0.25, -0.2) is 0 Å². The predicted octanol–water partition coefficient (Wildman–Crippen LogP) is 2.91. The SMILES string of the molecule is CCN(CC)c1ccc(NC(=O)c2cccc(C(=O)N(C)CCN3CCN(CCOCCOCCOCCOCCOCCOCCOC)C(=O)C3)c2)c(-c2cc(C(N)=O)ccn2)c1. The van der Waals surface area contributed by atoms with Gasteiger partial charge in [0.05, 0.1) is 104 Å². The van der Waals surface area contributed by atoms with Crippen LogP contribution in [0.1, 0.15) is 44.9 Å². The zero-order valence-electron chi connectivity index (χ0n) is 37.9. The van der Waals surface area contributed by atoms with E-state index in [1.807, 2.05) is 17.0 Å². The van der Waals surface area contributed by atoms with Gasteiger partial charge < -0.3 is 58.9 Å². The van der Waals surface area contributed by atoms with Crippen LogP contribution in [0.5, 0.6) is 0 Å². The molecule has 1 fully saturated rings.